The molecule has 1 aliphatic rings. The van der Waals surface area contributed by atoms with E-state index in [1.165, 1.54) is 0 Å². The highest BCUT2D eigenvalue weighted by Crippen LogP contribution is 2.42. The summed E-state index contributed by atoms with van der Waals surface area (Å²) in [6, 6.07) is 0. The van der Waals surface area contributed by atoms with Gasteiger partial charge in [0.2, 0.25) is 0 Å². The fourth-order valence-corrected chi connectivity index (χ4v) is 1.69. The van der Waals surface area contributed by atoms with Crippen LogP contribution in [0.1, 0.15) is 27.7 Å². The van der Waals surface area contributed by atoms with E-state index in [1.54, 1.807) is 27.7 Å². The third kappa shape index (κ3) is 1.23. The van der Waals surface area contributed by atoms with Crippen molar-refractivity contribution in [1.29, 1.82) is 0 Å². The number of rotatable bonds is 1. The van der Waals surface area contributed by atoms with Gasteiger partial charge in [-0.05, 0) is 32.9 Å². The van der Waals surface area contributed by atoms with Gasteiger partial charge < -0.3 is 0 Å². The molecule has 0 aliphatic carbocycles. The first-order chi connectivity index (χ1) is 6.26. The van der Waals surface area contributed by atoms with Gasteiger partial charge in [0.1, 0.15) is 5.66 Å². The summed E-state index contributed by atoms with van der Waals surface area (Å²) in [6.45, 7) is 6.37. The van der Waals surface area contributed by atoms with E-state index in [0.29, 0.717) is 0 Å². The molecule has 0 spiro atoms. The van der Waals surface area contributed by atoms with Crippen molar-refractivity contribution in [1.82, 2.24) is 10.1 Å². The van der Waals surface area contributed by atoms with Crippen LogP contribution in [0.4, 0.5) is 0 Å². The van der Waals surface area contributed by atoms with Gasteiger partial charge in [-0.25, -0.2) is 5.06 Å². The van der Waals surface area contributed by atoms with E-state index >= 15 is 0 Å². The van der Waals surface area contributed by atoms with Crippen LogP contribution in [0.2, 0.25) is 0 Å². The number of hydrogen-bond acceptors (Lipinski definition) is 5. The molecule has 0 aromatic heterocycles. The van der Waals surface area contributed by atoms with Crippen LogP contribution < -0.4 is 0 Å². The van der Waals surface area contributed by atoms with Gasteiger partial charge in [-0.15, -0.1) is 15.2 Å². The lowest BCUT2D eigenvalue weighted by Crippen LogP contribution is -2.48. The Morgan fingerprint density at radius 1 is 1.36 bits per heavy atom. The monoisotopic (exact) mass is 200 g/mol. The molecule has 0 unspecified atom stereocenters. The second kappa shape index (κ2) is 3.01. The summed E-state index contributed by atoms with van der Waals surface area (Å²) in [6.07, 6.45) is 0.958. The van der Waals surface area contributed by atoms with E-state index < -0.39 is 11.2 Å². The average Bonchev–Trinajstić information content (AvgIpc) is 2.19. The van der Waals surface area contributed by atoms with Crippen molar-refractivity contribution in [3.8, 4) is 0 Å². The Morgan fingerprint density at radius 3 is 2.14 bits per heavy atom. The fraction of sp³-hybridized carbons (Fsp3) is 0.750. The molecule has 0 aromatic carbocycles. The predicted octanol–water partition coefficient (Wildman–Crippen LogP) is 1.46. The number of hydroxylamine groups is 4. The zero-order chi connectivity index (χ0) is 11.1. The summed E-state index contributed by atoms with van der Waals surface area (Å²) in [5.41, 5.74) is -1.83. The molecule has 1 fully saturated rings. The minimum Gasteiger partial charge on any atom is -0.287 e. The lowest BCUT2D eigenvalue weighted by atomic mass is 10.0. The maximum atomic E-state index is 11.8. The molecule has 0 amide bonds. The first kappa shape index (κ1) is 11.1. The van der Waals surface area contributed by atoms with Crippen LogP contribution in [0, 0.1) is 4.91 Å². The minimum atomic E-state index is -1.08. The smallest absolute Gasteiger partial charge is 0.140 e. The Kier molecular flexibility index (Phi) is 2.39. The third-order valence-corrected chi connectivity index (χ3v) is 2.55. The lowest BCUT2D eigenvalue weighted by Gasteiger charge is -2.30. The van der Waals surface area contributed by atoms with E-state index in [4.69, 9.17) is 0 Å². The largest absolute Gasteiger partial charge is 0.287 e. The molecule has 1 aliphatic heterocycles. The molecule has 79 valence electrons. The molecule has 0 saturated carbocycles. The number of nitrogens with zero attached hydrogens (tertiary/aromatic N) is 3. The first-order valence-corrected chi connectivity index (χ1v) is 4.26. The van der Waals surface area contributed by atoms with E-state index in [1.807, 2.05) is 0 Å². The van der Waals surface area contributed by atoms with Crippen LogP contribution in [-0.4, -0.2) is 26.5 Å². The third-order valence-electron chi connectivity index (χ3n) is 2.55. The molecule has 0 aromatic rings. The molecule has 6 heteroatoms. The Hall–Kier alpha value is -0.980. The second-order valence-corrected chi connectivity index (χ2v) is 4.28. The van der Waals surface area contributed by atoms with Gasteiger partial charge in [0.25, 0.3) is 0 Å². The van der Waals surface area contributed by atoms with Crippen molar-refractivity contribution in [3.05, 3.63) is 16.8 Å². The average molecular weight is 200 g/mol. The Balaban J connectivity index is 3.23. The van der Waals surface area contributed by atoms with Gasteiger partial charge in [-0.1, -0.05) is 0 Å². The normalized spacial score (nSPS) is 28.4. The molecule has 1 heterocycles. The van der Waals surface area contributed by atoms with E-state index in [2.05, 4.69) is 5.18 Å². The Bertz CT molecular complexity index is 286. The molecule has 1 saturated heterocycles. The van der Waals surface area contributed by atoms with Gasteiger partial charge in [0.05, 0.1) is 17.4 Å². The van der Waals surface area contributed by atoms with Crippen LogP contribution in [0.5, 0.6) is 0 Å². The van der Waals surface area contributed by atoms with Crippen LogP contribution in [0.15, 0.2) is 17.1 Å². The zero-order valence-electron chi connectivity index (χ0n) is 8.68. The molecule has 0 atom stereocenters. The van der Waals surface area contributed by atoms with Gasteiger partial charge in [-0.2, -0.15) is 0 Å². The molecule has 14 heavy (non-hydrogen) atoms. The van der Waals surface area contributed by atoms with Crippen LogP contribution >= 0.6 is 0 Å². The first-order valence-electron chi connectivity index (χ1n) is 4.26. The summed E-state index contributed by atoms with van der Waals surface area (Å²) in [7, 11) is 0. The SMILES string of the molecule is CC1(C)/C(=C\N=O)N(O)C(C)(C)N1[O]. The summed E-state index contributed by atoms with van der Waals surface area (Å²) in [5, 5.41) is 25.5. The minimum absolute atomic E-state index is 0.201. The molecule has 0 bridgehead atoms. The highest BCUT2D eigenvalue weighted by molar-refractivity contribution is 5.21. The van der Waals surface area contributed by atoms with Crippen molar-refractivity contribution in [2.24, 2.45) is 5.18 Å². The Morgan fingerprint density at radius 2 is 1.86 bits per heavy atom. The topological polar surface area (TPSA) is 76.0 Å². The van der Waals surface area contributed by atoms with Crippen LogP contribution in [0.25, 0.3) is 0 Å². The number of hydrogen-bond donors (Lipinski definition) is 1. The van der Waals surface area contributed by atoms with Crippen molar-refractivity contribution in [2.75, 3.05) is 0 Å². The summed E-state index contributed by atoms with van der Waals surface area (Å²) in [4.78, 5) is 10.1. The summed E-state index contributed by atoms with van der Waals surface area (Å²) in [5.74, 6) is 0. The van der Waals surface area contributed by atoms with Crippen molar-refractivity contribution < 1.29 is 10.4 Å². The lowest BCUT2D eigenvalue weighted by molar-refractivity contribution is -0.290. The summed E-state index contributed by atoms with van der Waals surface area (Å²) < 4.78 is 0. The molecule has 1 N–H and O–H groups in total. The highest BCUT2D eigenvalue weighted by atomic mass is 16.6. The quantitative estimate of drug-likeness (QED) is 0.650. The maximum Gasteiger partial charge on any atom is 0.140 e. The standard InChI is InChI=1S/C8H14N3O3/c1-7(2)6(5-9-12)10(13)8(3,4)11(7)14/h5,13H,1-4H3/b6-5+. The van der Waals surface area contributed by atoms with Crippen molar-refractivity contribution in [2.45, 2.75) is 38.9 Å². The van der Waals surface area contributed by atoms with Gasteiger partial charge >= 0.3 is 0 Å². The Labute approximate surface area is 82.3 Å². The molecule has 1 radical (unpaired) electrons. The van der Waals surface area contributed by atoms with E-state index in [-0.39, 0.29) is 5.70 Å². The van der Waals surface area contributed by atoms with Gasteiger partial charge in [0.15, 0.2) is 0 Å². The van der Waals surface area contributed by atoms with Crippen LogP contribution in [-0.2, 0) is 5.21 Å². The fourth-order valence-electron chi connectivity index (χ4n) is 1.69. The van der Waals surface area contributed by atoms with Gasteiger partial charge in [-0.3, -0.25) is 5.21 Å². The molecule has 1 rings (SSSR count). The van der Waals surface area contributed by atoms with E-state index in [0.717, 1.165) is 16.3 Å². The summed E-state index contributed by atoms with van der Waals surface area (Å²) >= 11 is 0. The molecular weight excluding hydrogens is 186 g/mol. The van der Waals surface area contributed by atoms with Gasteiger partial charge in [0, 0.05) is 0 Å². The number of nitroso groups, excluding NO2 is 1. The zero-order valence-corrected chi connectivity index (χ0v) is 8.68. The van der Waals surface area contributed by atoms with E-state index in [9.17, 15) is 15.3 Å². The maximum absolute atomic E-state index is 11.8. The molecular formula is C8H14N3O3. The van der Waals surface area contributed by atoms with Crippen molar-refractivity contribution >= 4 is 0 Å². The van der Waals surface area contributed by atoms with Crippen LogP contribution in [0.3, 0.4) is 0 Å². The second-order valence-electron chi connectivity index (χ2n) is 4.28. The molecule has 6 nitrogen and oxygen atoms in total. The predicted molar refractivity (Wildman–Crippen MR) is 48.2 cm³/mol. The highest BCUT2D eigenvalue weighted by Gasteiger charge is 2.54. The van der Waals surface area contributed by atoms with Crippen molar-refractivity contribution in [3.63, 3.8) is 0 Å².